The molecule has 31 heavy (non-hydrogen) atoms. The van der Waals surface area contributed by atoms with Crippen molar-refractivity contribution in [2.24, 2.45) is 11.8 Å². The molecule has 3 atom stereocenters. The number of para-hydroxylation sites is 1. The minimum atomic E-state index is 0.0920. The third-order valence-corrected chi connectivity index (χ3v) is 7.89. The van der Waals surface area contributed by atoms with Crippen LogP contribution in [0.25, 0.3) is 0 Å². The molecule has 4 fully saturated rings. The number of carbonyl (C=O) groups excluding carboxylic acids is 2. The van der Waals surface area contributed by atoms with E-state index < -0.39 is 0 Å². The quantitative estimate of drug-likeness (QED) is 0.744. The molecule has 4 aliphatic rings. The van der Waals surface area contributed by atoms with Crippen LogP contribution in [0.5, 0.6) is 5.75 Å². The molecular formula is C25H35N3O3. The van der Waals surface area contributed by atoms with Crippen molar-refractivity contribution < 1.29 is 14.3 Å². The second kappa shape index (κ2) is 8.81. The number of piperidine rings is 4. The highest BCUT2D eigenvalue weighted by Gasteiger charge is 2.45. The molecule has 0 radical (unpaired) electrons. The zero-order valence-electron chi connectivity index (χ0n) is 18.7. The van der Waals surface area contributed by atoms with Crippen LogP contribution in [0.1, 0.15) is 55.8 Å². The molecule has 4 saturated heterocycles. The van der Waals surface area contributed by atoms with Crippen molar-refractivity contribution in [3.63, 3.8) is 0 Å². The number of benzene rings is 1. The van der Waals surface area contributed by atoms with Gasteiger partial charge in [0, 0.05) is 51.2 Å². The summed E-state index contributed by atoms with van der Waals surface area (Å²) >= 11 is 0. The Kier molecular flexibility index (Phi) is 5.91. The Morgan fingerprint density at radius 1 is 1.10 bits per heavy atom. The lowest BCUT2D eigenvalue weighted by Gasteiger charge is -2.54. The third-order valence-electron chi connectivity index (χ3n) is 7.89. The van der Waals surface area contributed by atoms with Crippen LogP contribution in [-0.2, 0) is 4.79 Å². The minimum Gasteiger partial charge on any atom is -0.493 e. The molecule has 2 amide bonds. The summed E-state index contributed by atoms with van der Waals surface area (Å²) in [5.41, 5.74) is 0.678. The van der Waals surface area contributed by atoms with Crippen molar-refractivity contribution in [1.29, 1.82) is 0 Å². The lowest BCUT2D eigenvalue weighted by molar-refractivity contribution is -0.145. The molecule has 0 unspecified atom stereocenters. The van der Waals surface area contributed by atoms with E-state index in [9.17, 15) is 9.59 Å². The number of nitrogens with zero attached hydrogens (tertiary/aromatic N) is 3. The molecule has 0 N–H and O–H groups in total. The molecule has 5 rings (SSSR count). The van der Waals surface area contributed by atoms with Crippen molar-refractivity contribution in [2.75, 3.05) is 39.3 Å². The van der Waals surface area contributed by atoms with E-state index in [1.807, 2.05) is 36.1 Å². The molecule has 2 bridgehead atoms. The minimum absolute atomic E-state index is 0.0920. The van der Waals surface area contributed by atoms with E-state index in [4.69, 9.17) is 4.74 Å². The smallest absolute Gasteiger partial charge is 0.257 e. The molecule has 168 valence electrons. The van der Waals surface area contributed by atoms with Gasteiger partial charge in [-0.2, -0.15) is 0 Å². The average Bonchev–Trinajstić information content (AvgIpc) is 2.80. The average molecular weight is 426 g/mol. The van der Waals surface area contributed by atoms with Gasteiger partial charge >= 0.3 is 0 Å². The van der Waals surface area contributed by atoms with E-state index in [1.165, 1.54) is 12.8 Å². The van der Waals surface area contributed by atoms with Gasteiger partial charge < -0.3 is 14.5 Å². The molecular weight excluding hydrogens is 390 g/mol. The first-order valence-electron chi connectivity index (χ1n) is 12.2. The fourth-order valence-electron chi connectivity index (χ4n) is 6.48. The number of hydrogen-bond acceptors (Lipinski definition) is 4. The second-order valence-corrected chi connectivity index (χ2v) is 9.77. The molecule has 1 aromatic carbocycles. The fraction of sp³-hybridized carbons (Fsp3) is 0.680. The van der Waals surface area contributed by atoms with Gasteiger partial charge in [0.15, 0.2) is 0 Å². The first-order valence-corrected chi connectivity index (χ1v) is 12.2. The van der Waals surface area contributed by atoms with Crippen molar-refractivity contribution in [2.45, 2.75) is 57.5 Å². The zero-order valence-corrected chi connectivity index (χ0v) is 18.7. The highest BCUT2D eigenvalue weighted by molar-refractivity contribution is 5.97. The van der Waals surface area contributed by atoms with Crippen molar-refractivity contribution in [3.05, 3.63) is 29.8 Å². The van der Waals surface area contributed by atoms with Crippen LogP contribution in [-0.4, -0.2) is 77.9 Å². The van der Waals surface area contributed by atoms with Gasteiger partial charge in [-0.05, 0) is 63.0 Å². The Morgan fingerprint density at radius 2 is 1.90 bits per heavy atom. The SMILES string of the molecule is CCOc1ccccc1C(=O)N1CCC(N2C[C@H]3C[C@H](C2)[C@H]2CCCC(=O)N2C3)CC1. The van der Waals surface area contributed by atoms with E-state index in [1.54, 1.807) is 0 Å². The summed E-state index contributed by atoms with van der Waals surface area (Å²) in [5, 5.41) is 0. The van der Waals surface area contributed by atoms with Crippen molar-refractivity contribution in [1.82, 2.24) is 14.7 Å². The molecule has 0 aromatic heterocycles. The maximum atomic E-state index is 13.1. The van der Waals surface area contributed by atoms with Crippen LogP contribution < -0.4 is 4.74 Å². The van der Waals surface area contributed by atoms with Crippen LogP contribution in [0.2, 0.25) is 0 Å². The molecule has 4 heterocycles. The van der Waals surface area contributed by atoms with Crippen LogP contribution >= 0.6 is 0 Å². The molecule has 6 nitrogen and oxygen atoms in total. The monoisotopic (exact) mass is 425 g/mol. The Labute approximate surface area is 185 Å². The summed E-state index contributed by atoms with van der Waals surface area (Å²) in [5.74, 6) is 2.42. The van der Waals surface area contributed by atoms with Crippen LogP contribution in [0, 0.1) is 11.8 Å². The summed E-state index contributed by atoms with van der Waals surface area (Å²) in [6.07, 6.45) is 6.35. The van der Waals surface area contributed by atoms with Crippen molar-refractivity contribution in [3.8, 4) is 5.75 Å². The van der Waals surface area contributed by atoms with Gasteiger partial charge in [-0.3, -0.25) is 14.5 Å². The molecule has 1 aromatic rings. The van der Waals surface area contributed by atoms with E-state index in [-0.39, 0.29) is 5.91 Å². The van der Waals surface area contributed by atoms with Gasteiger partial charge in [-0.15, -0.1) is 0 Å². The lowest BCUT2D eigenvalue weighted by Crippen LogP contribution is -2.62. The maximum absolute atomic E-state index is 13.1. The first kappa shape index (κ1) is 20.8. The highest BCUT2D eigenvalue weighted by atomic mass is 16.5. The number of likely N-dealkylation sites (tertiary alicyclic amines) is 2. The van der Waals surface area contributed by atoms with E-state index in [0.717, 1.165) is 58.4 Å². The number of ether oxygens (including phenoxy) is 1. The summed E-state index contributed by atoms with van der Waals surface area (Å²) in [4.78, 5) is 32.4. The Morgan fingerprint density at radius 3 is 2.71 bits per heavy atom. The van der Waals surface area contributed by atoms with Crippen LogP contribution in [0.4, 0.5) is 0 Å². The Bertz CT molecular complexity index is 820. The number of fused-ring (bicyclic) bond motifs is 4. The van der Waals surface area contributed by atoms with Gasteiger partial charge in [-0.1, -0.05) is 12.1 Å². The zero-order chi connectivity index (χ0) is 21.4. The van der Waals surface area contributed by atoms with E-state index in [0.29, 0.717) is 47.7 Å². The largest absolute Gasteiger partial charge is 0.493 e. The number of amides is 2. The summed E-state index contributed by atoms with van der Waals surface area (Å²) in [6, 6.07) is 8.62. The van der Waals surface area contributed by atoms with Gasteiger partial charge in [0.05, 0.1) is 12.2 Å². The number of hydrogen-bond donors (Lipinski definition) is 0. The summed E-state index contributed by atoms with van der Waals surface area (Å²) in [7, 11) is 0. The molecule has 0 saturated carbocycles. The topological polar surface area (TPSA) is 53.1 Å². The van der Waals surface area contributed by atoms with Gasteiger partial charge in [0.2, 0.25) is 5.91 Å². The predicted octanol–water partition coefficient (Wildman–Crippen LogP) is 3.02. The van der Waals surface area contributed by atoms with Crippen molar-refractivity contribution >= 4 is 11.8 Å². The Hall–Kier alpha value is -2.08. The standard InChI is InChI=1S/C25H35N3O3/c1-2-31-23-8-4-3-6-21(23)25(30)26-12-10-20(11-13-26)27-15-18-14-19(17-27)22-7-5-9-24(29)28(22)16-18/h3-4,6,8,18-20,22H,2,5,7,9-17H2,1H3/t18-,19-,22-/m1/s1. The lowest BCUT2D eigenvalue weighted by atomic mass is 9.75. The van der Waals surface area contributed by atoms with Gasteiger partial charge in [0.25, 0.3) is 5.91 Å². The number of carbonyl (C=O) groups is 2. The second-order valence-electron chi connectivity index (χ2n) is 9.77. The summed E-state index contributed by atoms with van der Waals surface area (Å²) < 4.78 is 5.67. The highest BCUT2D eigenvalue weighted by Crippen LogP contribution is 2.39. The predicted molar refractivity (Wildman–Crippen MR) is 119 cm³/mol. The molecule has 0 aliphatic carbocycles. The first-order chi connectivity index (χ1) is 15.1. The van der Waals surface area contributed by atoms with E-state index in [2.05, 4.69) is 9.80 Å². The van der Waals surface area contributed by atoms with Crippen LogP contribution in [0.3, 0.4) is 0 Å². The number of rotatable bonds is 4. The maximum Gasteiger partial charge on any atom is 0.257 e. The fourth-order valence-corrected chi connectivity index (χ4v) is 6.48. The van der Waals surface area contributed by atoms with Gasteiger partial charge in [-0.25, -0.2) is 0 Å². The summed E-state index contributed by atoms with van der Waals surface area (Å²) in [6.45, 7) is 7.32. The Balaban J connectivity index is 1.20. The van der Waals surface area contributed by atoms with Gasteiger partial charge in [0.1, 0.15) is 5.75 Å². The van der Waals surface area contributed by atoms with E-state index >= 15 is 0 Å². The molecule has 6 heteroatoms. The third kappa shape index (κ3) is 4.07. The molecule has 0 spiro atoms. The normalized spacial score (nSPS) is 29.6. The van der Waals surface area contributed by atoms with Crippen LogP contribution in [0.15, 0.2) is 24.3 Å². The molecule has 4 aliphatic heterocycles.